The molecule has 0 spiro atoms. The Morgan fingerprint density at radius 1 is 1.05 bits per heavy atom. The summed E-state index contributed by atoms with van der Waals surface area (Å²) >= 11 is 0. The molecular weight excluding hydrogens is 464 g/mol. The predicted molar refractivity (Wildman–Crippen MR) is 146 cm³/mol. The van der Waals surface area contributed by atoms with Crippen molar-refractivity contribution in [1.29, 1.82) is 0 Å². The molecule has 0 bridgehead atoms. The molecule has 3 heterocycles. The Balaban J connectivity index is 1.40. The number of ketones is 1. The molecule has 2 aliphatic rings. The van der Waals surface area contributed by atoms with E-state index in [4.69, 9.17) is 9.47 Å². The third kappa shape index (κ3) is 5.71. The van der Waals surface area contributed by atoms with Crippen molar-refractivity contribution in [2.45, 2.75) is 59.1 Å². The molecule has 6 nitrogen and oxygen atoms in total. The molecule has 0 amide bonds. The van der Waals surface area contributed by atoms with E-state index in [2.05, 4.69) is 48.0 Å². The minimum absolute atomic E-state index is 0.0390. The van der Waals surface area contributed by atoms with E-state index < -0.39 is 0 Å². The number of aromatic nitrogens is 1. The Hall–Kier alpha value is -3.22. The number of Topliss-reactive ketones (excluding diaryl/α,β-unsaturated/α-hetero) is 1. The molecular formula is C31H36N2O4. The van der Waals surface area contributed by atoms with Crippen molar-refractivity contribution in [3.63, 3.8) is 0 Å². The molecule has 0 radical (unpaired) electrons. The van der Waals surface area contributed by atoms with Gasteiger partial charge in [0.2, 0.25) is 0 Å². The fourth-order valence-electron chi connectivity index (χ4n) is 5.47. The lowest BCUT2D eigenvalue weighted by Gasteiger charge is -2.26. The molecule has 1 fully saturated rings. The monoisotopic (exact) mass is 500 g/mol. The highest BCUT2D eigenvalue weighted by molar-refractivity contribution is 5.98. The number of fused-ring (bicyclic) bond motifs is 1. The molecule has 0 atom stereocenters. The summed E-state index contributed by atoms with van der Waals surface area (Å²) < 4.78 is 11.8. The minimum Gasteiger partial charge on any atom is -0.487 e. The fraction of sp³-hybridized carbons (Fsp3) is 0.419. The van der Waals surface area contributed by atoms with Gasteiger partial charge in [-0.3, -0.25) is 14.5 Å². The summed E-state index contributed by atoms with van der Waals surface area (Å²) in [6.45, 7) is 12.3. The lowest BCUT2D eigenvalue weighted by atomic mass is 9.92. The molecule has 0 saturated carbocycles. The van der Waals surface area contributed by atoms with Crippen LogP contribution >= 0.6 is 0 Å². The number of H-pyrrole nitrogens is 1. The highest BCUT2D eigenvalue weighted by Gasteiger charge is 2.33. The topological polar surface area (TPSA) is 71.6 Å². The van der Waals surface area contributed by atoms with Crippen LogP contribution in [0.5, 0.6) is 5.75 Å². The highest BCUT2D eigenvalue weighted by atomic mass is 16.5. The summed E-state index contributed by atoms with van der Waals surface area (Å²) in [5.74, 6) is 0.908. The van der Waals surface area contributed by atoms with Crippen LogP contribution in [-0.2, 0) is 24.1 Å². The molecule has 0 aliphatic carbocycles. The van der Waals surface area contributed by atoms with Crippen molar-refractivity contribution < 1.29 is 14.3 Å². The number of carbonyl (C=O) groups excluding carboxylic acids is 1. The van der Waals surface area contributed by atoms with Crippen molar-refractivity contribution in [2.24, 2.45) is 0 Å². The zero-order chi connectivity index (χ0) is 26.2. The second-order valence-electron chi connectivity index (χ2n) is 11.0. The minimum atomic E-state index is -0.318. The molecule has 0 unspecified atom stereocenters. The summed E-state index contributed by atoms with van der Waals surface area (Å²) in [5, 5.41) is 0. The van der Waals surface area contributed by atoms with Gasteiger partial charge in [-0.15, -0.1) is 0 Å². The van der Waals surface area contributed by atoms with Gasteiger partial charge in [-0.05, 0) is 74.6 Å². The Morgan fingerprint density at radius 3 is 2.49 bits per heavy atom. The van der Waals surface area contributed by atoms with Gasteiger partial charge in [-0.1, -0.05) is 24.3 Å². The number of hydrogen-bond acceptors (Lipinski definition) is 5. The number of hydrogen-bond donors (Lipinski definition) is 1. The van der Waals surface area contributed by atoms with Crippen LogP contribution in [0.15, 0.2) is 47.3 Å². The molecule has 1 aromatic heterocycles. The van der Waals surface area contributed by atoms with E-state index in [0.29, 0.717) is 17.5 Å². The van der Waals surface area contributed by atoms with Crippen molar-refractivity contribution in [3.05, 3.63) is 86.3 Å². The van der Waals surface area contributed by atoms with Crippen LogP contribution in [0.1, 0.15) is 58.6 Å². The number of carbonyl (C=O) groups is 1. The maximum absolute atomic E-state index is 13.4. The molecule has 1 N–H and O–H groups in total. The van der Waals surface area contributed by atoms with Gasteiger partial charge in [0.15, 0.2) is 5.78 Å². The average Bonchev–Trinajstić information content (AvgIpc) is 3.17. The van der Waals surface area contributed by atoms with Crippen LogP contribution in [0.4, 0.5) is 0 Å². The molecule has 5 rings (SSSR count). The van der Waals surface area contributed by atoms with Gasteiger partial charge in [-0.2, -0.15) is 0 Å². The summed E-state index contributed by atoms with van der Waals surface area (Å²) in [6.07, 6.45) is 1.46. The number of ether oxygens (including phenoxy) is 2. The maximum atomic E-state index is 13.4. The van der Waals surface area contributed by atoms with Gasteiger partial charge in [0.05, 0.1) is 13.2 Å². The third-order valence-corrected chi connectivity index (χ3v) is 7.35. The Morgan fingerprint density at radius 2 is 1.78 bits per heavy atom. The second-order valence-corrected chi connectivity index (χ2v) is 11.0. The molecule has 194 valence electrons. The third-order valence-electron chi connectivity index (χ3n) is 7.35. The molecule has 2 aromatic carbocycles. The summed E-state index contributed by atoms with van der Waals surface area (Å²) in [6, 6.07) is 14.5. The van der Waals surface area contributed by atoms with Gasteiger partial charge in [-0.25, -0.2) is 0 Å². The van der Waals surface area contributed by atoms with E-state index in [1.54, 1.807) is 0 Å². The van der Waals surface area contributed by atoms with Crippen molar-refractivity contribution >= 4 is 5.78 Å². The van der Waals surface area contributed by atoms with Crippen LogP contribution < -0.4 is 10.3 Å². The molecule has 3 aromatic rings. The molecule has 37 heavy (non-hydrogen) atoms. The number of nitrogens with zero attached hydrogens (tertiary/aromatic N) is 1. The van der Waals surface area contributed by atoms with Crippen molar-refractivity contribution in [1.82, 2.24) is 9.88 Å². The number of benzene rings is 2. The van der Waals surface area contributed by atoms with Crippen LogP contribution in [0.3, 0.4) is 0 Å². The lowest BCUT2D eigenvalue weighted by molar-refractivity contribution is 0.0342. The first-order valence-corrected chi connectivity index (χ1v) is 13.2. The molecule has 6 heteroatoms. The highest BCUT2D eigenvalue weighted by Crippen LogP contribution is 2.43. The van der Waals surface area contributed by atoms with E-state index in [1.165, 1.54) is 5.56 Å². The fourth-order valence-corrected chi connectivity index (χ4v) is 5.47. The summed E-state index contributed by atoms with van der Waals surface area (Å²) in [5.41, 5.74) is 7.01. The number of rotatable bonds is 7. The van der Waals surface area contributed by atoms with E-state index in [9.17, 15) is 9.59 Å². The zero-order valence-electron chi connectivity index (χ0n) is 22.3. The van der Waals surface area contributed by atoms with Gasteiger partial charge in [0.1, 0.15) is 11.4 Å². The zero-order valence-corrected chi connectivity index (χ0v) is 22.3. The number of aromatic amines is 1. The van der Waals surface area contributed by atoms with Gasteiger partial charge >= 0.3 is 0 Å². The van der Waals surface area contributed by atoms with Crippen LogP contribution in [0.2, 0.25) is 0 Å². The quantitative estimate of drug-likeness (QED) is 0.461. The Kier molecular flexibility index (Phi) is 7.06. The number of aryl methyl sites for hydroxylation is 2. The van der Waals surface area contributed by atoms with Crippen LogP contribution in [0, 0.1) is 13.8 Å². The van der Waals surface area contributed by atoms with E-state index in [-0.39, 0.29) is 23.4 Å². The average molecular weight is 501 g/mol. The Labute approximate surface area is 218 Å². The largest absolute Gasteiger partial charge is 0.487 e. The standard InChI is InChI=1S/C31H36N2O4/c1-20-15-21(2)32-30(35)26(20)9-10-28(34)24-16-25-18-31(3,4)37-29(25)27(17-24)23-7-5-22(6-8-23)19-33-11-13-36-14-12-33/h5-8,15-17H,9-14,18-19H2,1-4H3,(H,32,35). The predicted octanol–water partition coefficient (Wildman–Crippen LogP) is 5.02. The van der Waals surface area contributed by atoms with Gasteiger partial charge in [0, 0.05) is 54.9 Å². The smallest absolute Gasteiger partial charge is 0.251 e. The lowest BCUT2D eigenvalue weighted by Crippen LogP contribution is -2.35. The van der Waals surface area contributed by atoms with E-state index in [0.717, 1.165) is 73.0 Å². The molecule has 1 saturated heterocycles. The van der Waals surface area contributed by atoms with E-state index in [1.807, 2.05) is 32.0 Å². The first-order chi connectivity index (χ1) is 17.7. The van der Waals surface area contributed by atoms with Crippen LogP contribution in [0.25, 0.3) is 11.1 Å². The maximum Gasteiger partial charge on any atom is 0.251 e. The van der Waals surface area contributed by atoms with Gasteiger partial charge in [0.25, 0.3) is 5.56 Å². The van der Waals surface area contributed by atoms with E-state index >= 15 is 0 Å². The number of pyridine rings is 1. The number of nitrogens with one attached hydrogen (secondary N) is 1. The second kappa shape index (κ2) is 10.3. The number of morpholine rings is 1. The van der Waals surface area contributed by atoms with Gasteiger partial charge < -0.3 is 14.5 Å². The summed E-state index contributed by atoms with van der Waals surface area (Å²) in [7, 11) is 0. The normalized spacial score (nSPS) is 16.9. The van der Waals surface area contributed by atoms with Crippen molar-refractivity contribution in [2.75, 3.05) is 26.3 Å². The van der Waals surface area contributed by atoms with Crippen molar-refractivity contribution in [3.8, 4) is 16.9 Å². The first kappa shape index (κ1) is 25.4. The first-order valence-electron chi connectivity index (χ1n) is 13.2. The molecule has 2 aliphatic heterocycles. The SMILES string of the molecule is Cc1cc(C)c(CCC(=O)c2cc3c(c(-c4ccc(CN5CCOCC5)cc4)c2)OC(C)(C)C3)c(=O)[nH]1. The summed E-state index contributed by atoms with van der Waals surface area (Å²) in [4.78, 5) is 31.1. The van der Waals surface area contributed by atoms with Crippen LogP contribution in [-0.4, -0.2) is 47.6 Å². The Bertz CT molecular complexity index is 1370.